The third-order valence-electron chi connectivity index (χ3n) is 3.16. The summed E-state index contributed by atoms with van der Waals surface area (Å²) in [5, 5.41) is 7.54. The molecule has 102 valence electrons. The van der Waals surface area contributed by atoms with E-state index < -0.39 is 0 Å². The second-order valence-corrected chi connectivity index (χ2v) is 6.02. The second kappa shape index (κ2) is 6.43. The molecule has 1 aliphatic carbocycles. The van der Waals surface area contributed by atoms with Gasteiger partial charge in [0.05, 0.1) is 13.2 Å². The topological polar surface area (TPSA) is 62.7 Å². The van der Waals surface area contributed by atoms with Gasteiger partial charge in [0.15, 0.2) is 5.17 Å². The zero-order chi connectivity index (χ0) is 13.0. The zero-order valence-electron chi connectivity index (χ0n) is 10.9. The molecule has 1 heterocycles. The van der Waals surface area contributed by atoms with Crippen LogP contribution >= 0.6 is 11.8 Å². The lowest BCUT2D eigenvalue weighted by Crippen LogP contribution is -2.44. The molecule has 1 fully saturated rings. The predicted octanol–water partition coefficient (Wildman–Crippen LogP) is 0.608. The molecule has 2 rings (SSSR count). The normalized spacial score (nSPS) is 24.6. The number of rotatable bonds is 6. The standard InChI is InChI=1S/C12H21N3O2S/c1-8(11(16)13-5-6-17-2)15-12-14-7-10(18-12)9-3-4-9/h8-10H,3-7H2,1-2H3,(H,13,16)(H,14,15). The maximum absolute atomic E-state index is 11.7. The van der Waals surface area contributed by atoms with Gasteiger partial charge in [0.25, 0.3) is 0 Å². The summed E-state index contributed by atoms with van der Waals surface area (Å²) in [6.45, 7) is 3.84. The van der Waals surface area contributed by atoms with Crippen molar-refractivity contribution in [2.45, 2.75) is 31.1 Å². The third kappa shape index (κ3) is 3.88. The lowest BCUT2D eigenvalue weighted by atomic mass is 10.3. The molecule has 0 saturated heterocycles. The van der Waals surface area contributed by atoms with Crippen molar-refractivity contribution in [3.05, 3.63) is 0 Å². The number of hydrogen-bond acceptors (Lipinski definition) is 5. The van der Waals surface area contributed by atoms with Crippen LogP contribution in [0.15, 0.2) is 4.99 Å². The van der Waals surface area contributed by atoms with Gasteiger partial charge in [0.2, 0.25) is 5.91 Å². The predicted molar refractivity (Wildman–Crippen MR) is 73.9 cm³/mol. The van der Waals surface area contributed by atoms with Crippen LogP contribution in [0.1, 0.15) is 19.8 Å². The van der Waals surface area contributed by atoms with Crippen LogP contribution in [0.4, 0.5) is 0 Å². The molecule has 0 aromatic rings. The number of hydrogen-bond donors (Lipinski definition) is 2. The van der Waals surface area contributed by atoms with Crippen LogP contribution < -0.4 is 10.6 Å². The van der Waals surface area contributed by atoms with Crippen LogP contribution in [0.5, 0.6) is 0 Å². The molecule has 1 aliphatic heterocycles. The first kappa shape index (κ1) is 13.7. The first-order valence-electron chi connectivity index (χ1n) is 6.45. The van der Waals surface area contributed by atoms with Gasteiger partial charge in [-0.3, -0.25) is 9.79 Å². The number of amides is 1. The average molecular weight is 271 g/mol. The van der Waals surface area contributed by atoms with Crippen molar-refractivity contribution in [2.75, 3.05) is 26.8 Å². The van der Waals surface area contributed by atoms with Gasteiger partial charge in [0, 0.05) is 18.9 Å². The van der Waals surface area contributed by atoms with Gasteiger partial charge in [-0.25, -0.2) is 0 Å². The molecule has 0 aromatic heterocycles. The van der Waals surface area contributed by atoms with E-state index in [1.165, 1.54) is 12.8 Å². The van der Waals surface area contributed by atoms with Crippen LogP contribution in [-0.2, 0) is 9.53 Å². The number of methoxy groups -OCH3 is 1. The number of carbonyl (C=O) groups excluding carboxylic acids is 1. The molecule has 0 bridgehead atoms. The molecule has 0 aromatic carbocycles. The highest BCUT2D eigenvalue weighted by Crippen LogP contribution is 2.41. The molecule has 2 unspecified atom stereocenters. The highest BCUT2D eigenvalue weighted by molar-refractivity contribution is 8.14. The van der Waals surface area contributed by atoms with E-state index in [9.17, 15) is 4.79 Å². The summed E-state index contributed by atoms with van der Waals surface area (Å²) in [6, 6.07) is -0.244. The maximum Gasteiger partial charge on any atom is 0.242 e. The molecular formula is C12H21N3O2S. The van der Waals surface area contributed by atoms with Gasteiger partial charge in [-0.1, -0.05) is 11.8 Å². The number of amidine groups is 1. The van der Waals surface area contributed by atoms with Gasteiger partial charge in [0.1, 0.15) is 6.04 Å². The molecule has 1 saturated carbocycles. The van der Waals surface area contributed by atoms with Gasteiger partial charge in [-0.05, 0) is 25.7 Å². The Hall–Kier alpha value is -0.750. The van der Waals surface area contributed by atoms with E-state index in [-0.39, 0.29) is 11.9 Å². The quantitative estimate of drug-likeness (QED) is 0.695. The van der Waals surface area contributed by atoms with E-state index in [0.717, 1.165) is 17.6 Å². The van der Waals surface area contributed by atoms with Crippen LogP contribution in [-0.4, -0.2) is 49.2 Å². The molecule has 2 N–H and O–H groups in total. The monoisotopic (exact) mass is 271 g/mol. The molecule has 5 nitrogen and oxygen atoms in total. The second-order valence-electron chi connectivity index (χ2n) is 4.79. The van der Waals surface area contributed by atoms with E-state index in [1.807, 2.05) is 6.92 Å². The van der Waals surface area contributed by atoms with Crippen molar-refractivity contribution in [1.82, 2.24) is 10.6 Å². The highest BCUT2D eigenvalue weighted by atomic mass is 32.2. The number of nitrogens with one attached hydrogen (secondary N) is 2. The number of thioether (sulfide) groups is 1. The Bertz CT molecular complexity index is 331. The van der Waals surface area contributed by atoms with Crippen molar-refractivity contribution in [3.63, 3.8) is 0 Å². The molecular weight excluding hydrogens is 250 g/mol. The lowest BCUT2D eigenvalue weighted by molar-refractivity contribution is -0.122. The minimum atomic E-state index is -0.244. The van der Waals surface area contributed by atoms with E-state index in [1.54, 1.807) is 18.9 Å². The van der Waals surface area contributed by atoms with Gasteiger partial charge >= 0.3 is 0 Å². The molecule has 0 spiro atoms. The Kier molecular flexibility index (Phi) is 4.88. The Morgan fingerprint density at radius 3 is 3.06 bits per heavy atom. The van der Waals surface area contributed by atoms with E-state index in [4.69, 9.17) is 4.74 Å². The molecule has 2 aliphatic rings. The molecule has 0 radical (unpaired) electrons. The summed E-state index contributed by atoms with van der Waals surface area (Å²) >= 11 is 1.79. The van der Waals surface area contributed by atoms with Crippen molar-refractivity contribution in [2.24, 2.45) is 10.9 Å². The Morgan fingerprint density at radius 1 is 1.61 bits per heavy atom. The lowest BCUT2D eigenvalue weighted by Gasteiger charge is -2.15. The smallest absolute Gasteiger partial charge is 0.242 e. The molecule has 2 atom stereocenters. The first-order valence-corrected chi connectivity index (χ1v) is 7.33. The summed E-state index contributed by atoms with van der Waals surface area (Å²) < 4.78 is 4.89. The van der Waals surface area contributed by atoms with Crippen LogP contribution in [0.3, 0.4) is 0 Å². The number of aliphatic imine (C=N–C) groups is 1. The van der Waals surface area contributed by atoms with Crippen LogP contribution in [0.25, 0.3) is 0 Å². The minimum Gasteiger partial charge on any atom is -0.383 e. The Morgan fingerprint density at radius 2 is 2.39 bits per heavy atom. The fourth-order valence-corrected chi connectivity index (χ4v) is 3.16. The van der Waals surface area contributed by atoms with Crippen LogP contribution in [0.2, 0.25) is 0 Å². The van der Waals surface area contributed by atoms with Crippen molar-refractivity contribution in [3.8, 4) is 0 Å². The van der Waals surface area contributed by atoms with E-state index in [0.29, 0.717) is 18.4 Å². The van der Waals surface area contributed by atoms with Gasteiger partial charge in [-0.15, -0.1) is 0 Å². The Balaban J connectivity index is 1.67. The SMILES string of the molecule is COCCNC(=O)C(C)NC1=NCC(C2CC2)S1. The summed E-state index contributed by atoms with van der Waals surface area (Å²) in [4.78, 5) is 16.2. The molecule has 1 amide bonds. The number of ether oxygens (including phenoxy) is 1. The summed E-state index contributed by atoms with van der Waals surface area (Å²) in [7, 11) is 1.62. The minimum absolute atomic E-state index is 0.00905. The van der Waals surface area contributed by atoms with Crippen molar-refractivity contribution < 1.29 is 9.53 Å². The highest BCUT2D eigenvalue weighted by Gasteiger charge is 2.35. The van der Waals surface area contributed by atoms with E-state index >= 15 is 0 Å². The van der Waals surface area contributed by atoms with Crippen molar-refractivity contribution in [1.29, 1.82) is 0 Å². The fourth-order valence-electron chi connectivity index (χ4n) is 1.86. The van der Waals surface area contributed by atoms with Crippen molar-refractivity contribution >= 4 is 22.8 Å². The molecule has 18 heavy (non-hydrogen) atoms. The van der Waals surface area contributed by atoms with E-state index in [2.05, 4.69) is 15.6 Å². The number of carbonyl (C=O) groups is 1. The summed E-state index contributed by atoms with van der Waals surface area (Å²) in [6.07, 6.45) is 2.68. The number of nitrogens with zero attached hydrogens (tertiary/aromatic N) is 1. The third-order valence-corrected chi connectivity index (χ3v) is 4.47. The maximum atomic E-state index is 11.7. The van der Waals surface area contributed by atoms with Gasteiger partial charge in [-0.2, -0.15) is 0 Å². The summed E-state index contributed by atoms with van der Waals surface area (Å²) in [5.41, 5.74) is 0. The average Bonchev–Trinajstić information content (AvgIpc) is 3.11. The fraction of sp³-hybridized carbons (Fsp3) is 0.833. The zero-order valence-corrected chi connectivity index (χ0v) is 11.8. The van der Waals surface area contributed by atoms with Gasteiger partial charge < -0.3 is 15.4 Å². The summed E-state index contributed by atoms with van der Waals surface area (Å²) in [5.74, 6) is 0.842. The Labute approximate surface area is 112 Å². The largest absolute Gasteiger partial charge is 0.383 e. The van der Waals surface area contributed by atoms with Crippen LogP contribution in [0, 0.1) is 5.92 Å². The molecule has 6 heteroatoms. The first-order chi connectivity index (χ1) is 8.70.